The standard InChI is InChI=1S/C36H70O6Si4/c1-25(28-13-16-34(4)31(19-28)37-34)22-44(7,8)40-43(41-45(9,10)23-26(2)29-14-17-35(5)32(20-29)38-35)42-46(11,12)24-27(3)30-15-18-36(6)33(21-30)39-36/h25-33,43H,13-24H2,1-12H3/i43D. The second-order valence-electron chi connectivity index (χ2n) is 19.7. The molecule has 0 aromatic rings. The lowest BCUT2D eigenvalue weighted by Crippen LogP contribution is -2.53. The summed E-state index contributed by atoms with van der Waals surface area (Å²) < 4.78 is 49.7. The highest BCUT2D eigenvalue weighted by Gasteiger charge is 2.58. The highest BCUT2D eigenvalue weighted by molar-refractivity contribution is 6.84. The Bertz CT molecular complexity index is 1020. The maximum Gasteiger partial charge on any atom is 0.452 e. The summed E-state index contributed by atoms with van der Waals surface area (Å²) in [6, 6.07) is 3.13. The molecule has 10 heteroatoms. The molecule has 0 aromatic carbocycles. The Morgan fingerprint density at radius 1 is 0.587 bits per heavy atom. The lowest BCUT2D eigenvalue weighted by Gasteiger charge is -2.41. The summed E-state index contributed by atoms with van der Waals surface area (Å²) in [4.78, 5) is 0. The summed E-state index contributed by atoms with van der Waals surface area (Å²) in [5.41, 5.74) is 0.450. The average Bonchev–Trinajstić information content (AvgIpc) is 3.83. The molecule has 266 valence electrons. The molecule has 3 saturated carbocycles. The van der Waals surface area contributed by atoms with Gasteiger partial charge in [-0.05, 0) is 171 Å². The topological polar surface area (TPSA) is 65.3 Å². The van der Waals surface area contributed by atoms with Crippen molar-refractivity contribution in [3.63, 3.8) is 0 Å². The van der Waals surface area contributed by atoms with Gasteiger partial charge in [0.2, 0.25) is 0 Å². The molecule has 12 atom stereocenters. The molecule has 3 saturated heterocycles. The van der Waals surface area contributed by atoms with Gasteiger partial charge >= 0.3 is 9.46 Å². The summed E-state index contributed by atoms with van der Waals surface area (Å²) in [6.07, 6.45) is 12.1. The number of ether oxygens (including phenoxy) is 3. The molecule has 3 aliphatic heterocycles. The van der Waals surface area contributed by atoms with Gasteiger partial charge in [-0.25, -0.2) is 0 Å². The normalized spacial score (nSPS) is 44.0. The molecule has 0 amide bonds. The van der Waals surface area contributed by atoms with Crippen LogP contribution < -0.4 is 0 Å². The minimum Gasteiger partial charge on any atom is -0.419 e. The SMILES string of the molecule is [2H][Si](O[Si](C)(C)CC(C)C1CCC2(C)OC2C1)(O[Si](C)(C)CC(C)C1CCC2(C)OC2C1)O[Si](C)(C)CC(C)C1CCC2(C)OC2C1. The summed E-state index contributed by atoms with van der Waals surface area (Å²) in [5.74, 6) is 3.70. The Labute approximate surface area is 288 Å². The van der Waals surface area contributed by atoms with Gasteiger partial charge in [0.25, 0.3) is 0 Å². The quantitative estimate of drug-likeness (QED) is 0.125. The lowest BCUT2D eigenvalue weighted by atomic mass is 9.77. The van der Waals surface area contributed by atoms with Crippen LogP contribution in [-0.4, -0.2) is 70.8 Å². The second kappa shape index (κ2) is 12.7. The Kier molecular flexibility index (Phi) is 9.67. The molecule has 12 unspecified atom stereocenters. The zero-order valence-corrected chi connectivity index (χ0v) is 35.6. The molecule has 3 aliphatic carbocycles. The van der Waals surface area contributed by atoms with Gasteiger partial charge < -0.3 is 26.6 Å². The zero-order valence-electron chi connectivity index (χ0n) is 32.6. The Balaban J connectivity index is 1.12. The summed E-state index contributed by atoms with van der Waals surface area (Å²) in [7, 11) is -10.6. The molecule has 0 radical (unpaired) electrons. The number of rotatable bonds is 15. The van der Waals surface area contributed by atoms with Crippen LogP contribution in [0.1, 0.15) is 99.3 Å². The van der Waals surface area contributed by atoms with Gasteiger partial charge in [-0.2, -0.15) is 0 Å². The van der Waals surface area contributed by atoms with Gasteiger partial charge in [0.15, 0.2) is 25.0 Å². The molecule has 6 rings (SSSR count). The van der Waals surface area contributed by atoms with E-state index in [4.69, 9.17) is 26.6 Å². The number of hydrogen-bond donors (Lipinski definition) is 0. The van der Waals surface area contributed by atoms with Gasteiger partial charge in [-0.15, -0.1) is 0 Å². The van der Waals surface area contributed by atoms with Crippen molar-refractivity contribution in [2.24, 2.45) is 35.5 Å². The molecule has 0 bridgehead atoms. The van der Waals surface area contributed by atoms with Crippen molar-refractivity contribution in [3.05, 3.63) is 0 Å². The van der Waals surface area contributed by atoms with Crippen molar-refractivity contribution in [1.82, 2.24) is 0 Å². The van der Waals surface area contributed by atoms with E-state index >= 15 is 0 Å². The highest BCUT2D eigenvalue weighted by atomic mass is 28.5. The maximum absolute atomic E-state index is 10.1. The number of hydrogen-bond acceptors (Lipinski definition) is 6. The lowest BCUT2D eigenvalue weighted by molar-refractivity contribution is 0.250. The van der Waals surface area contributed by atoms with Crippen LogP contribution in [0.15, 0.2) is 0 Å². The summed E-state index contributed by atoms with van der Waals surface area (Å²) in [6.45, 7) is 28.0. The molecule has 0 aromatic heterocycles. The van der Waals surface area contributed by atoms with E-state index < -0.39 is 34.4 Å². The van der Waals surface area contributed by atoms with E-state index in [0.29, 0.717) is 53.8 Å². The van der Waals surface area contributed by atoms with Crippen molar-refractivity contribution in [1.29, 1.82) is 1.23 Å². The number of fused-ring (bicyclic) bond motifs is 3. The van der Waals surface area contributed by atoms with Gasteiger partial charge in [-0.1, -0.05) is 20.8 Å². The molecular formula is C36H70O6Si4. The van der Waals surface area contributed by atoms with Crippen LogP contribution >= 0.6 is 0 Å². The fraction of sp³-hybridized carbons (Fsp3) is 1.00. The number of epoxide rings is 3. The van der Waals surface area contributed by atoms with E-state index in [-0.39, 0.29) is 16.8 Å². The first kappa shape index (κ1) is 35.0. The largest absolute Gasteiger partial charge is 0.452 e. The summed E-state index contributed by atoms with van der Waals surface area (Å²) in [5, 5.41) is 0. The van der Waals surface area contributed by atoms with Gasteiger partial charge in [0.05, 0.1) is 35.1 Å². The van der Waals surface area contributed by atoms with Gasteiger partial charge in [-0.3, -0.25) is 0 Å². The highest BCUT2D eigenvalue weighted by Crippen LogP contribution is 2.54. The van der Waals surface area contributed by atoms with Crippen molar-refractivity contribution < 1.29 is 26.6 Å². The van der Waals surface area contributed by atoms with Crippen molar-refractivity contribution >= 4 is 34.4 Å². The minimum absolute atomic E-state index is 0.150. The molecule has 3 heterocycles. The van der Waals surface area contributed by atoms with Crippen molar-refractivity contribution in [2.75, 3.05) is 0 Å². The Morgan fingerprint density at radius 3 is 1.09 bits per heavy atom. The predicted octanol–water partition coefficient (Wildman–Crippen LogP) is 9.15. The molecule has 6 fully saturated rings. The summed E-state index contributed by atoms with van der Waals surface area (Å²) >= 11 is 0. The zero-order chi connectivity index (χ0) is 34.4. The van der Waals surface area contributed by atoms with Crippen LogP contribution in [0.5, 0.6) is 0 Å². The van der Waals surface area contributed by atoms with Crippen molar-refractivity contribution in [3.8, 4) is 0 Å². The third-order valence-corrected chi connectivity index (χ3v) is 27.1. The fourth-order valence-electron chi connectivity index (χ4n) is 10.3. The van der Waals surface area contributed by atoms with Crippen molar-refractivity contribution in [2.45, 2.75) is 192 Å². The molecule has 6 aliphatic rings. The van der Waals surface area contributed by atoms with E-state index in [1.54, 1.807) is 0 Å². The minimum atomic E-state index is -3.70. The third-order valence-electron chi connectivity index (χ3n) is 13.6. The van der Waals surface area contributed by atoms with Crippen LogP contribution in [-0.2, 0) is 26.6 Å². The van der Waals surface area contributed by atoms with E-state index in [9.17, 15) is 1.23 Å². The van der Waals surface area contributed by atoms with Crippen LogP contribution in [0.3, 0.4) is 0 Å². The first-order chi connectivity index (χ1) is 21.5. The molecular weight excluding hydrogens is 641 g/mol. The van der Waals surface area contributed by atoms with E-state index in [0.717, 1.165) is 18.1 Å². The first-order valence-corrected chi connectivity index (χ1v) is 29.7. The van der Waals surface area contributed by atoms with E-state index in [1.165, 1.54) is 57.8 Å². The first-order valence-electron chi connectivity index (χ1n) is 19.7. The maximum atomic E-state index is 10.1. The molecule has 0 N–H and O–H groups in total. The van der Waals surface area contributed by atoms with Crippen LogP contribution in [0, 0.1) is 35.5 Å². The van der Waals surface area contributed by atoms with Crippen LogP contribution in [0.25, 0.3) is 0 Å². The van der Waals surface area contributed by atoms with Crippen LogP contribution in [0.4, 0.5) is 0 Å². The third kappa shape index (κ3) is 8.56. The second-order valence-corrected chi connectivity index (χ2v) is 34.5. The van der Waals surface area contributed by atoms with E-state index in [1.807, 2.05) is 0 Å². The van der Waals surface area contributed by atoms with E-state index in [2.05, 4.69) is 80.8 Å². The van der Waals surface area contributed by atoms with Gasteiger partial charge in [0, 0.05) is 0 Å². The molecule has 0 spiro atoms. The van der Waals surface area contributed by atoms with Gasteiger partial charge in [0.1, 0.15) is 1.23 Å². The Hall–Kier alpha value is 0.628. The predicted molar refractivity (Wildman–Crippen MR) is 197 cm³/mol. The van der Waals surface area contributed by atoms with Crippen LogP contribution in [0.2, 0.25) is 57.4 Å². The Morgan fingerprint density at radius 2 is 0.848 bits per heavy atom. The smallest absolute Gasteiger partial charge is 0.419 e. The fourth-order valence-corrected chi connectivity index (χ4v) is 24.0. The molecule has 46 heavy (non-hydrogen) atoms. The monoisotopic (exact) mass is 711 g/mol. The average molecular weight is 712 g/mol. The molecule has 6 nitrogen and oxygen atoms in total.